The fourth-order valence-electron chi connectivity index (χ4n) is 2.35. The standard InChI is InChI=1S/C12H20N2S/c1-3-11(8-13-2)14-6-4-12-10(9-14)5-7-15-12/h5,7,11,13H,3-4,6,8-9H2,1-2H3. The van der Waals surface area contributed by atoms with Crippen molar-refractivity contribution in [1.82, 2.24) is 10.2 Å². The molecule has 1 aromatic rings. The van der Waals surface area contributed by atoms with Gasteiger partial charge in [0.1, 0.15) is 0 Å². The molecule has 0 radical (unpaired) electrons. The van der Waals surface area contributed by atoms with E-state index in [9.17, 15) is 0 Å². The zero-order chi connectivity index (χ0) is 10.7. The van der Waals surface area contributed by atoms with Gasteiger partial charge in [0.25, 0.3) is 0 Å². The number of nitrogens with one attached hydrogen (secondary N) is 1. The van der Waals surface area contributed by atoms with Gasteiger partial charge < -0.3 is 5.32 Å². The van der Waals surface area contributed by atoms with Gasteiger partial charge in [0.05, 0.1) is 0 Å². The fraction of sp³-hybridized carbons (Fsp3) is 0.667. The summed E-state index contributed by atoms with van der Waals surface area (Å²) in [4.78, 5) is 4.22. The quantitative estimate of drug-likeness (QED) is 0.842. The molecule has 1 atom stereocenters. The number of likely N-dealkylation sites (N-methyl/N-ethyl adjacent to an activating group) is 1. The lowest BCUT2D eigenvalue weighted by Gasteiger charge is -2.34. The van der Waals surface area contributed by atoms with Gasteiger partial charge in [-0.05, 0) is 36.9 Å². The van der Waals surface area contributed by atoms with Gasteiger partial charge in [0, 0.05) is 30.6 Å². The Hall–Kier alpha value is -0.380. The highest BCUT2D eigenvalue weighted by molar-refractivity contribution is 7.10. The van der Waals surface area contributed by atoms with Crippen molar-refractivity contribution in [3.8, 4) is 0 Å². The van der Waals surface area contributed by atoms with Crippen molar-refractivity contribution < 1.29 is 0 Å². The summed E-state index contributed by atoms with van der Waals surface area (Å²) in [5, 5.41) is 5.52. The van der Waals surface area contributed by atoms with Crippen molar-refractivity contribution in [2.24, 2.45) is 0 Å². The van der Waals surface area contributed by atoms with E-state index in [4.69, 9.17) is 0 Å². The summed E-state index contributed by atoms with van der Waals surface area (Å²) in [6.45, 7) is 5.77. The van der Waals surface area contributed by atoms with E-state index >= 15 is 0 Å². The Kier molecular flexibility index (Phi) is 3.78. The average molecular weight is 224 g/mol. The number of nitrogens with zero attached hydrogens (tertiary/aromatic N) is 1. The minimum absolute atomic E-state index is 0.697. The maximum absolute atomic E-state index is 3.29. The van der Waals surface area contributed by atoms with Crippen molar-refractivity contribution in [2.45, 2.75) is 32.4 Å². The van der Waals surface area contributed by atoms with Crippen LogP contribution < -0.4 is 5.32 Å². The number of thiophene rings is 1. The van der Waals surface area contributed by atoms with Crippen molar-refractivity contribution >= 4 is 11.3 Å². The van der Waals surface area contributed by atoms with E-state index in [-0.39, 0.29) is 0 Å². The van der Waals surface area contributed by atoms with Crippen molar-refractivity contribution in [2.75, 3.05) is 20.1 Å². The summed E-state index contributed by atoms with van der Waals surface area (Å²) in [6.07, 6.45) is 2.48. The Balaban J connectivity index is 2.01. The molecule has 1 N–H and O–H groups in total. The molecule has 84 valence electrons. The molecule has 2 rings (SSSR count). The van der Waals surface area contributed by atoms with Gasteiger partial charge >= 0.3 is 0 Å². The van der Waals surface area contributed by atoms with E-state index in [2.05, 4.69) is 28.6 Å². The predicted octanol–water partition coefficient (Wildman–Crippen LogP) is 2.10. The van der Waals surface area contributed by atoms with Crippen LogP contribution in [0.4, 0.5) is 0 Å². The van der Waals surface area contributed by atoms with Crippen molar-refractivity contribution in [3.05, 3.63) is 21.9 Å². The van der Waals surface area contributed by atoms with Crippen LogP contribution in [0.1, 0.15) is 23.8 Å². The Bertz CT molecular complexity index is 308. The number of rotatable bonds is 4. The van der Waals surface area contributed by atoms with Crippen molar-refractivity contribution in [3.63, 3.8) is 0 Å². The van der Waals surface area contributed by atoms with Crippen LogP contribution in [0.25, 0.3) is 0 Å². The normalized spacial score (nSPS) is 18.8. The van der Waals surface area contributed by atoms with Gasteiger partial charge in [-0.25, -0.2) is 0 Å². The summed E-state index contributed by atoms with van der Waals surface area (Å²) in [7, 11) is 2.04. The van der Waals surface area contributed by atoms with Crippen LogP contribution in [0.2, 0.25) is 0 Å². The third kappa shape index (κ3) is 2.41. The maximum Gasteiger partial charge on any atom is 0.0248 e. The lowest BCUT2D eigenvalue weighted by molar-refractivity contribution is 0.173. The minimum Gasteiger partial charge on any atom is -0.318 e. The molecule has 0 aliphatic carbocycles. The van der Waals surface area contributed by atoms with Crippen molar-refractivity contribution in [1.29, 1.82) is 0 Å². The predicted molar refractivity (Wildman–Crippen MR) is 66.4 cm³/mol. The molecule has 0 saturated carbocycles. The minimum atomic E-state index is 0.697. The Labute approximate surface area is 96.3 Å². The zero-order valence-electron chi connectivity index (χ0n) is 9.62. The van der Waals surface area contributed by atoms with Gasteiger partial charge in [0.2, 0.25) is 0 Å². The van der Waals surface area contributed by atoms with Crippen LogP contribution in [0, 0.1) is 0 Å². The summed E-state index contributed by atoms with van der Waals surface area (Å²) < 4.78 is 0. The number of fused-ring (bicyclic) bond motifs is 1. The summed E-state index contributed by atoms with van der Waals surface area (Å²) in [5.41, 5.74) is 1.56. The molecule has 1 aliphatic heterocycles. The highest BCUT2D eigenvalue weighted by Gasteiger charge is 2.22. The second kappa shape index (κ2) is 5.10. The summed E-state index contributed by atoms with van der Waals surface area (Å²) >= 11 is 1.92. The summed E-state index contributed by atoms with van der Waals surface area (Å²) in [5.74, 6) is 0. The van der Waals surface area contributed by atoms with Gasteiger partial charge in [-0.15, -0.1) is 11.3 Å². The molecule has 0 aromatic carbocycles. The van der Waals surface area contributed by atoms with E-state index < -0.39 is 0 Å². The molecule has 1 aliphatic rings. The molecule has 0 saturated heterocycles. The molecular weight excluding hydrogens is 204 g/mol. The lowest BCUT2D eigenvalue weighted by atomic mass is 10.1. The van der Waals surface area contributed by atoms with E-state index in [0.717, 1.165) is 13.1 Å². The van der Waals surface area contributed by atoms with Gasteiger partial charge in [-0.3, -0.25) is 4.90 Å². The first-order valence-corrected chi connectivity index (χ1v) is 6.67. The smallest absolute Gasteiger partial charge is 0.0248 e. The topological polar surface area (TPSA) is 15.3 Å². The first-order valence-electron chi connectivity index (χ1n) is 5.79. The molecule has 15 heavy (non-hydrogen) atoms. The molecule has 1 unspecified atom stereocenters. The maximum atomic E-state index is 3.29. The average Bonchev–Trinajstić information content (AvgIpc) is 2.72. The number of hydrogen-bond donors (Lipinski definition) is 1. The third-order valence-electron chi connectivity index (χ3n) is 3.26. The monoisotopic (exact) mass is 224 g/mol. The Morgan fingerprint density at radius 1 is 1.60 bits per heavy atom. The van der Waals surface area contributed by atoms with Crippen LogP contribution in [-0.2, 0) is 13.0 Å². The third-order valence-corrected chi connectivity index (χ3v) is 4.29. The van der Waals surface area contributed by atoms with Crippen LogP contribution in [0.15, 0.2) is 11.4 Å². The highest BCUT2D eigenvalue weighted by atomic mass is 32.1. The molecule has 0 fully saturated rings. The molecule has 0 spiro atoms. The second-order valence-corrected chi connectivity index (χ2v) is 5.21. The molecule has 0 bridgehead atoms. The van der Waals surface area contributed by atoms with Crippen LogP contribution in [0.5, 0.6) is 0 Å². The van der Waals surface area contributed by atoms with Gasteiger partial charge in [-0.1, -0.05) is 6.92 Å². The Morgan fingerprint density at radius 2 is 2.47 bits per heavy atom. The van der Waals surface area contributed by atoms with Crippen LogP contribution in [-0.4, -0.2) is 31.1 Å². The van der Waals surface area contributed by atoms with E-state index in [1.54, 1.807) is 10.4 Å². The van der Waals surface area contributed by atoms with Crippen LogP contribution >= 0.6 is 11.3 Å². The largest absolute Gasteiger partial charge is 0.318 e. The molecule has 2 heterocycles. The van der Waals surface area contributed by atoms with E-state index in [1.165, 1.54) is 19.4 Å². The first kappa shape index (κ1) is 11.1. The SMILES string of the molecule is CCC(CNC)N1CCc2sccc2C1. The molecule has 3 heteroatoms. The van der Waals surface area contributed by atoms with E-state index in [1.807, 2.05) is 18.4 Å². The van der Waals surface area contributed by atoms with Crippen LogP contribution in [0.3, 0.4) is 0 Å². The fourth-order valence-corrected chi connectivity index (χ4v) is 3.24. The number of hydrogen-bond acceptors (Lipinski definition) is 3. The highest BCUT2D eigenvalue weighted by Crippen LogP contribution is 2.25. The lowest BCUT2D eigenvalue weighted by Crippen LogP contribution is -2.43. The second-order valence-electron chi connectivity index (χ2n) is 4.21. The summed E-state index contributed by atoms with van der Waals surface area (Å²) in [6, 6.07) is 2.99. The Morgan fingerprint density at radius 3 is 3.20 bits per heavy atom. The zero-order valence-corrected chi connectivity index (χ0v) is 10.4. The molecule has 0 amide bonds. The first-order chi connectivity index (χ1) is 7.35. The van der Waals surface area contributed by atoms with E-state index in [0.29, 0.717) is 6.04 Å². The molecule has 1 aromatic heterocycles. The van der Waals surface area contributed by atoms with Gasteiger partial charge in [0.15, 0.2) is 0 Å². The molecular formula is C12H20N2S. The van der Waals surface area contributed by atoms with Gasteiger partial charge in [-0.2, -0.15) is 0 Å². The molecule has 2 nitrogen and oxygen atoms in total.